The first-order chi connectivity index (χ1) is 8.58. The van der Waals surface area contributed by atoms with Crippen LogP contribution >= 0.6 is 0 Å². The Morgan fingerprint density at radius 2 is 1.61 bits per heavy atom. The molecule has 0 radical (unpaired) electrons. The van der Waals surface area contributed by atoms with E-state index in [2.05, 4.69) is 4.90 Å². The highest BCUT2D eigenvalue weighted by Crippen LogP contribution is 2.07. The molecule has 1 fully saturated rings. The molecule has 0 bridgehead atoms. The molecule has 0 aliphatic carbocycles. The molecule has 0 atom stereocenters. The lowest BCUT2D eigenvalue weighted by atomic mass is 10.1. The maximum Gasteiger partial charge on any atom is 0.295 e. The van der Waals surface area contributed by atoms with Crippen LogP contribution in [0.2, 0.25) is 0 Å². The average Bonchev–Trinajstić information content (AvgIpc) is 2.39. The summed E-state index contributed by atoms with van der Waals surface area (Å²) >= 11 is 0. The number of rotatable bonds is 2. The molecule has 96 valence electrons. The molecule has 18 heavy (non-hydrogen) atoms. The molecule has 0 N–H and O–H groups in total. The first kappa shape index (κ1) is 12.7. The normalized spacial score (nSPS) is 16.7. The van der Waals surface area contributed by atoms with Crippen molar-refractivity contribution in [2.45, 2.75) is 0 Å². The first-order valence-corrected chi connectivity index (χ1v) is 5.85. The molecule has 1 aromatic carbocycles. The molecular formula is C13H15FN2O2. The molecular weight excluding hydrogens is 235 g/mol. The van der Waals surface area contributed by atoms with Gasteiger partial charge < -0.3 is 9.80 Å². The summed E-state index contributed by atoms with van der Waals surface area (Å²) in [5.41, 5.74) is 0.236. The Morgan fingerprint density at radius 3 is 2.17 bits per heavy atom. The number of hydrogen-bond donors (Lipinski definition) is 0. The van der Waals surface area contributed by atoms with Crippen molar-refractivity contribution in [3.05, 3.63) is 35.6 Å². The van der Waals surface area contributed by atoms with Gasteiger partial charge in [0.15, 0.2) is 0 Å². The molecule has 0 spiro atoms. The summed E-state index contributed by atoms with van der Waals surface area (Å²) < 4.78 is 12.7. The number of carbonyl (C=O) groups excluding carboxylic acids is 2. The van der Waals surface area contributed by atoms with Crippen LogP contribution in [0.25, 0.3) is 0 Å². The number of Topliss-reactive ketones (excluding diaryl/α,β-unsaturated/α-hetero) is 1. The smallest absolute Gasteiger partial charge is 0.295 e. The molecule has 4 nitrogen and oxygen atoms in total. The van der Waals surface area contributed by atoms with Crippen LogP contribution in [0.4, 0.5) is 4.39 Å². The van der Waals surface area contributed by atoms with E-state index in [1.165, 1.54) is 24.3 Å². The van der Waals surface area contributed by atoms with Crippen LogP contribution < -0.4 is 0 Å². The fraction of sp³-hybridized carbons (Fsp3) is 0.385. The van der Waals surface area contributed by atoms with Crippen LogP contribution in [-0.4, -0.2) is 54.7 Å². The molecule has 1 saturated heterocycles. The summed E-state index contributed by atoms with van der Waals surface area (Å²) in [5.74, 6) is -1.49. The molecule has 0 aromatic heterocycles. The molecule has 1 aliphatic heterocycles. The van der Waals surface area contributed by atoms with E-state index < -0.39 is 17.5 Å². The minimum atomic E-state index is -0.570. The topological polar surface area (TPSA) is 40.6 Å². The highest BCUT2D eigenvalue weighted by atomic mass is 19.1. The Labute approximate surface area is 105 Å². The van der Waals surface area contributed by atoms with Crippen LogP contribution in [0.1, 0.15) is 10.4 Å². The van der Waals surface area contributed by atoms with Crippen molar-refractivity contribution in [1.82, 2.24) is 9.80 Å². The number of ketones is 1. The van der Waals surface area contributed by atoms with Gasteiger partial charge in [-0.1, -0.05) is 0 Å². The van der Waals surface area contributed by atoms with Crippen molar-refractivity contribution in [3.63, 3.8) is 0 Å². The number of carbonyl (C=O) groups is 2. The second-order valence-electron chi connectivity index (χ2n) is 4.43. The van der Waals surface area contributed by atoms with E-state index in [1.54, 1.807) is 4.90 Å². The second-order valence-corrected chi connectivity index (χ2v) is 4.43. The Morgan fingerprint density at radius 1 is 1.06 bits per heavy atom. The Bertz CT molecular complexity index is 451. The molecule has 2 rings (SSSR count). The number of piperazine rings is 1. The van der Waals surface area contributed by atoms with Crippen LogP contribution in [0.3, 0.4) is 0 Å². The standard InChI is InChI=1S/C13H15FN2O2/c1-15-6-8-16(9-7-15)13(18)12(17)10-2-4-11(14)5-3-10/h2-5H,6-9H2,1H3. The maximum atomic E-state index is 12.7. The van der Waals surface area contributed by atoms with E-state index in [9.17, 15) is 14.0 Å². The van der Waals surface area contributed by atoms with Gasteiger partial charge in [0.05, 0.1) is 0 Å². The highest BCUT2D eigenvalue weighted by molar-refractivity contribution is 6.42. The summed E-state index contributed by atoms with van der Waals surface area (Å²) in [6.07, 6.45) is 0. The van der Waals surface area contributed by atoms with E-state index >= 15 is 0 Å². The minimum absolute atomic E-state index is 0.236. The van der Waals surface area contributed by atoms with E-state index in [4.69, 9.17) is 0 Å². The van der Waals surface area contributed by atoms with Gasteiger partial charge in [0.25, 0.3) is 5.91 Å². The third-order valence-electron chi connectivity index (χ3n) is 3.09. The quantitative estimate of drug-likeness (QED) is 0.575. The van der Waals surface area contributed by atoms with Gasteiger partial charge in [-0.3, -0.25) is 9.59 Å². The summed E-state index contributed by atoms with van der Waals surface area (Å²) in [5, 5.41) is 0. The zero-order chi connectivity index (χ0) is 13.1. The van der Waals surface area contributed by atoms with Gasteiger partial charge >= 0.3 is 0 Å². The average molecular weight is 250 g/mol. The van der Waals surface area contributed by atoms with Gasteiger partial charge in [-0.15, -0.1) is 0 Å². The molecule has 5 heteroatoms. The van der Waals surface area contributed by atoms with Crippen LogP contribution in [0, 0.1) is 5.82 Å². The summed E-state index contributed by atoms with van der Waals surface area (Å²) in [7, 11) is 1.98. The van der Waals surface area contributed by atoms with E-state index in [0.29, 0.717) is 13.1 Å². The number of halogens is 1. The lowest BCUT2D eigenvalue weighted by Gasteiger charge is -2.31. The van der Waals surface area contributed by atoms with Crippen molar-refractivity contribution in [1.29, 1.82) is 0 Å². The highest BCUT2D eigenvalue weighted by Gasteiger charge is 2.25. The molecule has 1 amide bonds. The predicted octanol–water partition coefficient (Wildman–Crippen LogP) is 0.782. The van der Waals surface area contributed by atoms with E-state index in [1.807, 2.05) is 7.05 Å². The third-order valence-corrected chi connectivity index (χ3v) is 3.09. The molecule has 1 aromatic rings. The monoisotopic (exact) mass is 250 g/mol. The first-order valence-electron chi connectivity index (χ1n) is 5.85. The Balaban J connectivity index is 2.05. The molecule has 0 saturated carbocycles. The predicted molar refractivity (Wildman–Crippen MR) is 64.8 cm³/mol. The van der Waals surface area contributed by atoms with Gasteiger partial charge in [-0.2, -0.15) is 0 Å². The van der Waals surface area contributed by atoms with Crippen molar-refractivity contribution in [3.8, 4) is 0 Å². The van der Waals surface area contributed by atoms with Gasteiger partial charge in [-0.05, 0) is 31.3 Å². The fourth-order valence-electron chi connectivity index (χ4n) is 1.88. The lowest BCUT2D eigenvalue weighted by Crippen LogP contribution is -2.49. The lowest BCUT2D eigenvalue weighted by molar-refractivity contribution is -0.127. The minimum Gasteiger partial charge on any atom is -0.333 e. The fourth-order valence-corrected chi connectivity index (χ4v) is 1.88. The zero-order valence-corrected chi connectivity index (χ0v) is 10.2. The zero-order valence-electron chi connectivity index (χ0n) is 10.2. The SMILES string of the molecule is CN1CCN(C(=O)C(=O)c2ccc(F)cc2)CC1. The van der Waals surface area contributed by atoms with Crippen molar-refractivity contribution in [2.24, 2.45) is 0 Å². The molecule has 1 heterocycles. The van der Waals surface area contributed by atoms with E-state index in [0.717, 1.165) is 13.1 Å². The number of nitrogens with zero attached hydrogens (tertiary/aromatic N) is 2. The van der Waals surface area contributed by atoms with Crippen molar-refractivity contribution < 1.29 is 14.0 Å². The number of hydrogen-bond acceptors (Lipinski definition) is 3. The van der Waals surface area contributed by atoms with Crippen LogP contribution in [-0.2, 0) is 4.79 Å². The summed E-state index contributed by atoms with van der Waals surface area (Å²) in [6.45, 7) is 2.65. The van der Waals surface area contributed by atoms with Crippen LogP contribution in [0.15, 0.2) is 24.3 Å². The van der Waals surface area contributed by atoms with Crippen molar-refractivity contribution in [2.75, 3.05) is 33.2 Å². The Kier molecular flexibility index (Phi) is 3.72. The van der Waals surface area contributed by atoms with Gasteiger partial charge in [0, 0.05) is 31.7 Å². The molecule has 1 aliphatic rings. The van der Waals surface area contributed by atoms with Gasteiger partial charge in [0.1, 0.15) is 5.82 Å². The number of amides is 1. The summed E-state index contributed by atoms with van der Waals surface area (Å²) in [4.78, 5) is 27.5. The largest absolute Gasteiger partial charge is 0.333 e. The second kappa shape index (κ2) is 5.27. The van der Waals surface area contributed by atoms with E-state index in [-0.39, 0.29) is 5.56 Å². The molecule has 0 unspecified atom stereocenters. The third kappa shape index (κ3) is 2.73. The van der Waals surface area contributed by atoms with Gasteiger partial charge in [0.2, 0.25) is 5.78 Å². The van der Waals surface area contributed by atoms with Crippen molar-refractivity contribution >= 4 is 11.7 Å². The maximum absolute atomic E-state index is 12.7. The van der Waals surface area contributed by atoms with Gasteiger partial charge in [-0.25, -0.2) is 4.39 Å². The van der Waals surface area contributed by atoms with Crippen LogP contribution in [0.5, 0.6) is 0 Å². The Hall–Kier alpha value is -1.75. The summed E-state index contributed by atoms with van der Waals surface area (Å²) in [6, 6.07) is 5.05. The number of benzene rings is 1. The number of likely N-dealkylation sites (N-methyl/N-ethyl adjacent to an activating group) is 1.